The largest absolute Gasteiger partial charge is 0.240 e. The average Bonchev–Trinajstić information content (AvgIpc) is 2.32. The predicted molar refractivity (Wildman–Crippen MR) is 80.5 cm³/mol. The van der Waals surface area contributed by atoms with E-state index in [2.05, 4.69) is 34.5 Å². The first-order chi connectivity index (χ1) is 8.78. The van der Waals surface area contributed by atoms with Gasteiger partial charge in [-0.1, -0.05) is 35.8 Å². The molecule has 106 valence electrons. The standard InChI is InChI=1S/C14H20BrNO2S/c1-14(2)8-6-12(7-9-14)16-19(17,18)13-5-3-4-11(15)10-13/h3-5,10,12,16H,6-9H2,1-2H3. The average molecular weight is 346 g/mol. The summed E-state index contributed by atoms with van der Waals surface area (Å²) in [6.07, 6.45) is 3.97. The zero-order valence-electron chi connectivity index (χ0n) is 11.3. The van der Waals surface area contributed by atoms with Gasteiger partial charge in [0.25, 0.3) is 0 Å². The molecule has 2 rings (SSSR count). The van der Waals surface area contributed by atoms with Crippen LogP contribution in [0.1, 0.15) is 39.5 Å². The van der Waals surface area contributed by atoms with Crippen molar-refractivity contribution in [1.29, 1.82) is 0 Å². The maximum absolute atomic E-state index is 12.3. The number of halogens is 1. The van der Waals surface area contributed by atoms with E-state index in [1.165, 1.54) is 0 Å². The molecule has 0 amide bonds. The fourth-order valence-electron chi connectivity index (χ4n) is 2.44. The van der Waals surface area contributed by atoms with Gasteiger partial charge in [-0.25, -0.2) is 13.1 Å². The Balaban J connectivity index is 2.06. The van der Waals surface area contributed by atoms with Crippen molar-refractivity contribution in [2.75, 3.05) is 0 Å². The molecular formula is C14H20BrNO2S. The van der Waals surface area contributed by atoms with Gasteiger partial charge in [0.15, 0.2) is 0 Å². The number of hydrogen-bond donors (Lipinski definition) is 1. The highest BCUT2D eigenvalue weighted by Crippen LogP contribution is 2.35. The molecule has 1 aromatic rings. The summed E-state index contributed by atoms with van der Waals surface area (Å²) in [6.45, 7) is 4.48. The first-order valence-corrected chi connectivity index (χ1v) is 8.84. The Morgan fingerprint density at radius 1 is 1.26 bits per heavy atom. The number of hydrogen-bond acceptors (Lipinski definition) is 2. The number of nitrogens with one attached hydrogen (secondary N) is 1. The second kappa shape index (κ2) is 5.54. The third-order valence-electron chi connectivity index (χ3n) is 3.77. The summed E-state index contributed by atoms with van der Waals surface area (Å²) < 4.78 is 28.2. The maximum Gasteiger partial charge on any atom is 0.240 e. The highest BCUT2D eigenvalue weighted by molar-refractivity contribution is 9.10. The van der Waals surface area contributed by atoms with Crippen molar-refractivity contribution >= 4 is 26.0 Å². The van der Waals surface area contributed by atoms with E-state index in [1.807, 2.05) is 6.07 Å². The Bertz CT molecular complexity index is 544. The smallest absolute Gasteiger partial charge is 0.208 e. The Hall–Kier alpha value is -0.390. The molecule has 1 N–H and O–H groups in total. The zero-order chi connectivity index (χ0) is 14.1. The summed E-state index contributed by atoms with van der Waals surface area (Å²) in [4.78, 5) is 0.326. The van der Waals surface area contributed by atoms with Crippen LogP contribution >= 0.6 is 15.9 Å². The van der Waals surface area contributed by atoms with E-state index in [4.69, 9.17) is 0 Å². The van der Waals surface area contributed by atoms with Crippen molar-refractivity contribution in [3.63, 3.8) is 0 Å². The van der Waals surface area contributed by atoms with Crippen LogP contribution in [0.4, 0.5) is 0 Å². The molecule has 19 heavy (non-hydrogen) atoms. The molecule has 1 aromatic carbocycles. The van der Waals surface area contributed by atoms with Crippen LogP contribution in [-0.2, 0) is 10.0 Å². The predicted octanol–water partition coefficient (Wildman–Crippen LogP) is 3.70. The molecule has 0 saturated heterocycles. The molecule has 1 aliphatic rings. The van der Waals surface area contributed by atoms with E-state index in [1.54, 1.807) is 18.2 Å². The van der Waals surface area contributed by atoms with Gasteiger partial charge < -0.3 is 0 Å². The Kier molecular flexibility index (Phi) is 4.38. The van der Waals surface area contributed by atoms with Crippen molar-refractivity contribution in [3.8, 4) is 0 Å². The Morgan fingerprint density at radius 3 is 2.47 bits per heavy atom. The van der Waals surface area contributed by atoms with Crippen LogP contribution < -0.4 is 4.72 Å². The summed E-state index contributed by atoms with van der Waals surface area (Å²) in [5.74, 6) is 0. The van der Waals surface area contributed by atoms with Gasteiger partial charge in [-0.05, 0) is 49.3 Å². The number of rotatable bonds is 3. The lowest BCUT2D eigenvalue weighted by atomic mass is 9.76. The molecular weight excluding hydrogens is 326 g/mol. The molecule has 5 heteroatoms. The summed E-state index contributed by atoms with van der Waals surface area (Å²) in [5.41, 5.74) is 0.345. The summed E-state index contributed by atoms with van der Waals surface area (Å²) in [5, 5.41) is 0. The molecule has 3 nitrogen and oxygen atoms in total. The van der Waals surface area contributed by atoms with E-state index in [9.17, 15) is 8.42 Å². The second-order valence-electron chi connectivity index (χ2n) is 6.02. The molecule has 0 spiro atoms. The molecule has 1 saturated carbocycles. The normalized spacial score (nSPS) is 20.4. The van der Waals surface area contributed by atoms with E-state index in [0.717, 1.165) is 30.2 Å². The summed E-state index contributed by atoms with van der Waals surface area (Å²) in [7, 11) is -3.40. The van der Waals surface area contributed by atoms with Crippen molar-refractivity contribution in [1.82, 2.24) is 4.72 Å². The van der Waals surface area contributed by atoms with Crippen molar-refractivity contribution in [2.24, 2.45) is 5.41 Å². The van der Waals surface area contributed by atoms with Gasteiger partial charge in [-0.2, -0.15) is 0 Å². The SMILES string of the molecule is CC1(C)CCC(NS(=O)(=O)c2cccc(Br)c2)CC1. The first kappa shape index (κ1) is 15.0. The van der Waals surface area contributed by atoms with E-state index in [-0.39, 0.29) is 6.04 Å². The minimum atomic E-state index is -3.40. The lowest BCUT2D eigenvalue weighted by Gasteiger charge is -2.34. The zero-order valence-corrected chi connectivity index (χ0v) is 13.7. The van der Waals surface area contributed by atoms with Crippen LogP contribution in [0.15, 0.2) is 33.6 Å². The molecule has 1 fully saturated rings. The fourth-order valence-corrected chi connectivity index (χ4v) is 4.34. The second-order valence-corrected chi connectivity index (χ2v) is 8.65. The number of benzene rings is 1. The van der Waals surface area contributed by atoms with Gasteiger partial charge in [0, 0.05) is 10.5 Å². The van der Waals surface area contributed by atoms with Crippen molar-refractivity contribution in [2.45, 2.75) is 50.5 Å². The first-order valence-electron chi connectivity index (χ1n) is 6.56. The van der Waals surface area contributed by atoms with Crippen molar-refractivity contribution in [3.05, 3.63) is 28.7 Å². The lowest BCUT2D eigenvalue weighted by molar-refractivity contribution is 0.218. The summed E-state index contributed by atoms with van der Waals surface area (Å²) >= 11 is 3.30. The van der Waals surface area contributed by atoms with E-state index >= 15 is 0 Å². The molecule has 0 atom stereocenters. The van der Waals surface area contributed by atoms with E-state index < -0.39 is 10.0 Å². The van der Waals surface area contributed by atoms with Crippen LogP contribution in [0.2, 0.25) is 0 Å². The minimum absolute atomic E-state index is 0.0667. The topological polar surface area (TPSA) is 46.2 Å². The monoisotopic (exact) mass is 345 g/mol. The highest BCUT2D eigenvalue weighted by Gasteiger charge is 2.29. The van der Waals surface area contributed by atoms with Crippen molar-refractivity contribution < 1.29 is 8.42 Å². The molecule has 0 heterocycles. The van der Waals surface area contributed by atoms with E-state index in [0.29, 0.717) is 10.3 Å². The molecule has 0 bridgehead atoms. The molecule has 0 aromatic heterocycles. The third kappa shape index (κ3) is 4.04. The van der Waals surface area contributed by atoms with Crippen LogP contribution in [0.5, 0.6) is 0 Å². The summed E-state index contributed by atoms with van der Waals surface area (Å²) in [6, 6.07) is 6.89. The lowest BCUT2D eigenvalue weighted by Crippen LogP contribution is -2.39. The molecule has 0 unspecified atom stereocenters. The fraction of sp³-hybridized carbons (Fsp3) is 0.571. The van der Waals surface area contributed by atoms with Crippen LogP contribution in [0.3, 0.4) is 0 Å². The Morgan fingerprint density at radius 2 is 1.89 bits per heavy atom. The van der Waals surface area contributed by atoms with Gasteiger partial charge in [0.05, 0.1) is 4.90 Å². The van der Waals surface area contributed by atoms with Crippen LogP contribution in [0.25, 0.3) is 0 Å². The minimum Gasteiger partial charge on any atom is -0.208 e. The maximum atomic E-state index is 12.3. The Labute approximate surface area is 124 Å². The third-order valence-corrected chi connectivity index (χ3v) is 5.78. The van der Waals surface area contributed by atoms with Gasteiger partial charge in [0.2, 0.25) is 10.0 Å². The van der Waals surface area contributed by atoms with Gasteiger partial charge in [0.1, 0.15) is 0 Å². The molecule has 0 aliphatic heterocycles. The highest BCUT2D eigenvalue weighted by atomic mass is 79.9. The quantitative estimate of drug-likeness (QED) is 0.907. The molecule has 1 aliphatic carbocycles. The van der Waals surface area contributed by atoms with Crippen LogP contribution in [-0.4, -0.2) is 14.5 Å². The van der Waals surface area contributed by atoms with Gasteiger partial charge >= 0.3 is 0 Å². The van der Waals surface area contributed by atoms with Crippen LogP contribution in [0, 0.1) is 5.41 Å². The van der Waals surface area contributed by atoms with Gasteiger partial charge in [-0.15, -0.1) is 0 Å². The number of sulfonamides is 1. The molecule has 0 radical (unpaired) electrons. The van der Waals surface area contributed by atoms with Gasteiger partial charge in [-0.3, -0.25) is 0 Å².